The molecule has 1 saturated heterocycles. The van der Waals surface area contributed by atoms with Gasteiger partial charge in [0.15, 0.2) is 0 Å². The Bertz CT molecular complexity index is 447. The fourth-order valence-electron chi connectivity index (χ4n) is 3.06. The SMILES string of the molecule is CC1([C@]2(C)OC(=O)C[C@H]2c2ccccc2)CC1. The quantitative estimate of drug-likeness (QED) is 0.729. The smallest absolute Gasteiger partial charge is 0.307 e. The first-order valence-corrected chi connectivity index (χ1v) is 6.32. The Morgan fingerprint density at radius 3 is 2.41 bits per heavy atom. The molecule has 0 aromatic heterocycles. The normalized spacial score (nSPS) is 34.5. The fraction of sp³-hybridized carbons (Fsp3) is 0.533. The highest BCUT2D eigenvalue weighted by atomic mass is 16.6. The van der Waals surface area contributed by atoms with Gasteiger partial charge in [0.2, 0.25) is 0 Å². The molecule has 1 aromatic carbocycles. The van der Waals surface area contributed by atoms with Crippen LogP contribution in [0.25, 0.3) is 0 Å². The van der Waals surface area contributed by atoms with Gasteiger partial charge in [0.05, 0.1) is 6.42 Å². The number of rotatable bonds is 2. The highest BCUT2D eigenvalue weighted by Gasteiger charge is 2.62. The molecule has 1 saturated carbocycles. The van der Waals surface area contributed by atoms with Gasteiger partial charge in [-0.1, -0.05) is 37.3 Å². The van der Waals surface area contributed by atoms with E-state index >= 15 is 0 Å². The van der Waals surface area contributed by atoms with Gasteiger partial charge >= 0.3 is 5.97 Å². The topological polar surface area (TPSA) is 26.3 Å². The molecule has 1 aromatic rings. The zero-order valence-electron chi connectivity index (χ0n) is 10.4. The molecule has 17 heavy (non-hydrogen) atoms. The summed E-state index contributed by atoms with van der Waals surface area (Å²) in [7, 11) is 0. The maximum atomic E-state index is 11.7. The van der Waals surface area contributed by atoms with Crippen molar-refractivity contribution in [2.45, 2.75) is 44.6 Å². The Labute approximate surface area is 102 Å². The van der Waals surface area contributed by atoms with Crippen LogP contribution in [-0.4, -0.2) is 11.6 Å². The van der Waals surface area contributed by atoms with Crippen molar-refractivity contribution < 1.29 is 9.53 Å². The minimum atomic E-state index is -0.314. The van der Waals surface area contributed by atoms with Gasteiger partial charge in [-0.3, -0.25) is 4.79 Å². The van der Waals surface area contributed by atoms with Gasteiger partial charge in [0.25, 0.3) is 0 Å². The molecule has 1 heterocycles. The van der Waals surface area contributed by atoms with E-state index in [0.29, 0.717) is 6.42 Å². The molecule has 2 fully saturated rings. The van der Waals surface area contributed by atoms with Crippen molar-refractivity contribution in [3.63, 3.8) is 0 Å². The van der Waals surface area contributed by atoms with Gasteiger partial charge in [-0.05, 0) is 25.3 Å². The fourth-order valence-corrected chi connectivity index (χ4v) is 3.06. The molecule has 2 heteroatoms. The number of hydrogen-bond acceptors (Lipinski definition) is 2. The Morgan fingerprint density at radius 2 is 1.82 bits per heavy atom. The molecule has 2 aliphatic rings. The average Bonchev–Trinajstić information content (AvgIpc) is 2.99. The van der Waals surface area contributed by atoms with Crippen LogP contribution in [0.3, 0.4) is 0 Å². The van der Waals surface area contributed by atoms with Crippen LogP contribution in [0.5, 0.6) is 0 Å². The van der Waals surface area contributed by atoms with Gasteiger partial charge < -0.3 is 4.74 Å². The average molecular weight is 230 g/mol. The predicted octanol–water partition coefficient (Wildman–Crippen LogP) is 3.28. The van der Waals surface area contributed by atoms with E-state index < -0.39 is 0 Å². The van der Waals surface area contributed by atoms with Crippen molar-refractivity contribution in [1.29, 1.82) is 0 Å². The van der Waals surface area contributed by atoms with Gasteiger partial charge in [-0.2, -0.15) is 0 Å². The summed E-state index contributed by atoms with van der Waals surface area (Å²) in [6, 6.07) is 10.3. The lowest BCUT2D eigenvalue weighted by atomic mass is 9.74. The number of benzene rings is 1. The number of esters is 1. The van der Waals surface area contributed by atoms with Crippen LogP contribution in [0.2, 0.25) is 0 Å². The van der Waals surface area contributed by atoms with Gasteiger partial charge in [-0.25, -0.2) is 0 Å². The molecule has 0 unspecified atom stereocenters. The second kappa shape index (κ2) is 3.34. The van der Waals surface area contributed by atoms with Crippen molar-refractivity contribution in [2.24, 2.45) is 5.41 Å². The third-order valence-corrected chi connectivity index (χ3v) is 4.76. The minimum absolute atomic E-state index is 0.0468. The van der Waals surface area contributed by atoms with Gasteiger partial charge in [0.1, 0.15) is 5.60 Å². The van der Waals surface area contributed by atoms with E-state index in [9.17, 15) is 4.79 Å². The van der Waals surface area contributed by atoms with Crippen LogP contribution in [0.1, 0.15) is 44.6 Å². The summed E-state index contributed by atoms with van der Waals surface area (Å²) in [5.41, 5.74) is 1.10. The molecule has 3 rings (SSSR count). The van der Waals surface area contributed by atoms with E-state index in [1.54, 1.807) is 0 Å². The summed E-state index contributed by atoms with van der Waals surface area (Å²) in [6.45, 7) is 4.35. The number of cyclic esters (lactones) is 1. The van der Waals surface area contributed by atoms with Crippen LogP contribution in [0, 0.1) is 5.41 Å². The third kappa shape index (κ3) is 1.50. The highest BCUT2D eigenvalue weighted by Crippen LogP contribution is 2.62. The zero-order valence-corrected chi connectivity index (χ0v) is 10.4. The molecular weight excluding hydrogens is 212 g/mol. The summed E-state index contributed by atoms with van der Waals surface area (Å²) in [4.78, 5) is 11.7. The summed E-state index contributed by atoms with van der Waals surface area (Å²) < 4.78 is 5.70. The summed E-state index contributed by atoms with van der Waals surface area (Å²) in [5, 5.41) is 0. The lowest BCUT2D eigenvalue weighted by Crippen LogP contribution is -2.39. The van der Waals surface area contributed by atoms with E-state index in [1.165, 1.54) is 18.4 Å². The van der Waals surface area contributed by atoms with Crippen LogP contribution >= 0.6 is 0 Å². The lowest BCUT2D eigenvalue weighted by molar-refractivity contribution is -0.152. The number of carbonyl (C=O) groups is 1. The number of carbonyl (C=O) groups excluding carboxylic acids is 1. The van der Waals surface area contributed by atoms with Gasteiger partial charge in [-0.15, -0.1) is 0 Å². The van der Waals surface area contributed by atoms with Crippen LogP contribution in [0.15, 0.2) is 30.3 Å². The first-order valence-electron chi connectivity index (χ1n) is 6.32. The maximum absolute atomic E-state index is 11.7. The van der Waals surface area contributed by atoms with E-state index in [2.05, 4.69) is 26.0 Å². The molecule has 90 valence electrons. The Balaban J connectivity index is 2.00. The Hall–Kier alpha value is -1.31. The van der Waals surface area contributed by atoms with Crippen molar-refractivity contribution in [1.82, 2.24) is 0 Å². The van der Waals surface area contributed by atoms with Crippen molar-refractivity contribution >= 4 is 5.97 Å². The second-order valence-electron chi connectivity index (χ2n) is 5.81. The third-order valence-electron chi connectivity index (χ3n) is 4.76. The molecule has 2 nitrogen and oxygen atoms in total. The first-order chi connectivity index (χ1) is 8.05. The maximum Gasteiger partial charge on any atom is 0.307 e. The molecule has 0 spiro atoms. The van der Waals surface area contributed by atoms with Gasteiger partial charge in [0, 0.05) is 11.3 Å². The minimum Gasteiger partial charge on any atom is -0.458 e. The van der Waals surface area contributed by atoms with Crippen molar-refractivity contribution in [3.8, 4) is 0 Å². The molecule has 1 aliphatic carbocycles. The number of hydrogen-bond donors (Lipinski definition) is 0. The molecule has 0 radical (unpaired) electrons. The standard InChI is InChI=1S/C15H18O2/c1-14(8-9-14)15(2)12(10-13(16)17-15)11-6-4-3-5-7-11/h3-7,12H,8-10H2,1-2H3/t12-,15+/m0/s1. The largest absolute Gasteiger partial charge is 0.458 e. The van der Waals surface area contributed by atoms with E-state index in [-0.39, 0.29) is 22.9 Å². The monoisotopic (exact) mass is 230 g/mol. The molecule has 2 atom stereocenters. The molecule has 0 N–H and O–H groups in total. The summed E-state index contributed by atoms with van der Waals surface area (Å²) in [6.07, 6.45) is 2.86. The van der Waals surface area contributed by atoms with E-state index in [1.807, 2.05) is 18.2 Å². The molecule has 0 amide bonds. The molecule has 1 aliphatic heterocycles. The van der Waals surface area contributed by atoms with Crippen LogP contribution in [0.4, 0.5) is 0 Å². The summed E-state index contributed by atoms with van der Waals surface area (Å²) >= 11 is 0. The van der Waals surface area contributed by atoms with Crippen LogP contribution in [-0.2, 0) is 9.53 Å². The van der Waals surface area contributed by atoms with Crippen molar-refractivity contribution in [2.75, 3.05) is 0 Å². The molecular formula is C15H18O2. The number of ether oxygens (including phenoxy) is 1. The van der Waals surface area contributed by atoms with Crippen LogP contribution < -0.4 is 0 Å². The Morgan fingerprint density at radius 1 is 1.18 bits per heavy atom. The zero-order chi connectivity index (χ0) is 12.1. The second-order valence-corrected chi connectivity index (χ2v) is 5.81. The highest BCUT2D eigenvalue weighted by molar-refractivity contribution is 5.74. The van der Waals surface area contributed by atoms with E-state index in [4.69, 9.17) is 4.74 Å². The van der Waals surface area contributed by atoms with Crippen molar-refractivity contribution in [3.05, 3.63) is 35.9 Å². The van der Waals surface area contributed by atoms with E-state index in [0.717, 1.165) is 0 Å². The Kier molecular flexibility index (Phi) is 2.13. The predicted molar refractivity (Wildman–Crippen MR) is 65.6 cm³/mol. The lowest BCUT2D eigenvalue weighted by Gasteiger charge is -2.36. The summed E-state index contributed by atoms with van der Waals surface area (Å²) in [5.74, 6) is 0.165. The first kappa shape index (κ1) is 10.8. The molecule has 0 bridgehead atoms.